The summed E-state index contributed by atoms with van der Waals surface area (Å²) < 4.78 is 47.7. The third-order valence-electron chi connectivity index (χ3n) is 4.47. The third kappa shape index (κ3) is 4.02. The van der Waals surface area contributed by atoms with Gasteiger partial charge in [0.15, 0.2) is 5.54 Å². The molecule has 0 aliphatic carbocycles. The van der Waals surface area contributed by atoms with E-state index < -0.39 is 41.4 Å². The molecule has 2 atom stereocenters. The van der Waals surface area contributed by atoms with Crippen molar-refractivity contribution in [2.45, 2.75) is 31.4 Å². The van der Waals surface area contributed by atoms with Crippen molar-refractivity contribution in [2.75, 3.05) is 5.32 Å². The number of alkyl halides is 2. The van der Waals surface area contributed by atoms with Crippen molar-refractivity contribution in [3.05, 3.63) is 58.1 Å². The van der Waals surface area contributed by atoms with Gasteiger partial charge in [0.25, 0.3) is 18.4 Å². The summed E-state index contributed by atoms with van der Waals surface area (Å²) in [7, 11) is 0. The Balaban J connectivity index is 1.98. The van der Waals surface area contributed by atoms with Crippen molar-refractivity contribution in [1.29, 1.82) is 5.26 Å². The fourth-order valence-corrected chi connectivity index (χ4v) is 3.42. The van der Waals surface area contributed by atoms with Gasteiger partial charge in [0.05, 0.1) is 10.6 Å². The number of halogens is 4. The summed E-state index contributed by atoms with van der Waals surface area (Å²) in [5.41, 5.74) is 2.80. The van der Waals surface area contributed by atoms with Crippen molar-refractivity contribution in [3.8, 4) is 6.07 Å². The van der Waals surface area contributed by atoms with Crippen LogP contribution in [-0.4, -0.2) is 29.4 Å². The van der Waals surface area contributed by atoms with E-state index in [1.165, 1.54) is 19.1 Å². The molecule has 1 aliphatic rings. The van der Waals surface area contributed by atoms with Gasteiger partial charge < -0.3 is 15.8 Å². The lowest BCUT2D eigenvalue weighted by atomic mass is 9.84. The largest absolute Gasteiger partial charge is 0.462 e. The fraction of sp³-hybridized carbons (Fsp3) is 0.263. The van der Waals surface area contributed by atoms with Gasteiger partial charge in [0.2, 0.25) is 0 Å². The van der Waals surface area contributed by atoms with Crippen molar-refractivity contribution >= 4 is 29.2 Å². The van der Waals surface area contributed by atoms with Gasteiger partial charge in [0.1, 0.15) is 23.7 Å². The van der Waals surface area contributed by atoms with E-state index in [1.54, 1.807) is 0 Å². The highest BCUT2D eigenvalue weighted by Crippen LogP contribution is 2.42. The van der Waals surface area contributed by atoms with Crippen LogP contribution >= 0.6 is 11.6 Å². The average molecular weight is 438 g/mol. The molecule has 3 rings (SSSR count). The van der Waals surface area contributed by atoms with Gasteiger partial charge in [-0.3, -0.25) is 4.79 Å². The number of rotatable bonds is 4. The van der Waals surface area contributed by atoms with Crippen molar-refractivity contribution in [2.24, 2.45) is 10.7 Å². The van der Waals surface area contributed by atoms with E-state index in [-0.39, 0.29) is 28.4 Å². The van der Waals surface area contributed by atoms with Crippen LogP contribution in [0.25, 0.3) is 0 Å². The number of benzene rings is 1. The highest BCUT2D eigenvalue weighted by Gasteiger charge is 2.48. The number of nitrogens with one attached hydrogen (secondary N) is 1. The fourth-order valence-electron chi connectivity index (χ4n) is 3.17. The van der Waals surface area contributed by atoms with E-state index >= 15 is 0 Å². The van der Waals surface area contributed by atoms with Crippen molar-refractivity contribution in [3.63, 3.8) is 0 Å². The molecule has 0 bridgehead atoms. The lowest BCUT2D eigenvalue weighted by Crippen LogP contribution is -2.44. The second-order valence-electron chi connectivity index (χ2n) is 6.62. The monoisotopic (exact) mass is 437 g/mol. The Morgan fingerprint density at radius 1 is 1.47 bits per heavy atom. The van der Waals surface area contributed by atoms with E-state index in [9.17, 15) is 18.0 Å². The molecular formula is C19H15ClF3N5O2. The van der Waals surface area contributed by atoms with Crippen LogP contribution < -0.4 is 11.1 Å². The number of anilines is 1. The number of nitrogens with zero attached hydrogens (tertiary/aromatic N) is 3. The van der Waals surface area contributed by atoms with Gasteiger partial charge in [-0.25, -0.2) is 23.1 Å². The molecule has 1 aliphatic heterocycles. The number of ether oxygens (including phenoxy) is 1. The Kier molecular flexibility index (Phi) is 5.85. The maximum Gasteiger partial charge on any atom is 0.283 e. The summed E-state index contributed by atoms with van der Waals surface area (Å²) >= 11 is 5.96. The summed E-state index contributed by atoms with van der Waals surface area (Å²) in [6.07, 6.45) is -2.97. The zero-order chi connectivity index (χ0) is 22.1. The smallest absolute Gasteiger partial charge is 0.283 e. The van der Waals surface area contributed by atoms with Crippen LogP contribution in [0.5, 0.6) is 0 Å². The lowest BCUT2D eigenvalue weighted by Gasteiger charge is -2.36. The molecular weight excluding hydrogens is 423 g/mol. The first-order valence-electron chi connectivity index (χ1n) is 8.63. The number of hydrogen-bond donors (Lipinski definition) is 2. The third-order valence-corrected chi connectivity index (χ3v) is 4.76. The Morgan fingerprint density at radius 3 is 2.80 bits per heavy atom. The molecule has 0 radical (unpaired) electrons. The van der Waals surface area contributed by atoms with E-state index in [4.69, 9.17) is 27.3 Å². The Hall–Kier alpha value is -3.32. The van der Waals surface area contributed by atoms with E-state index in [0.717, 1.165) is 18.3 Å². The van der Waals surface area contributed by atoms with E-state index in [0.29, 0.717) is 0 Å². The molecule has 7 nitrogen and oxygen atoms in total. The summed E-state index contributed by atoms with van der Waals surface area (Å²) in [5.74, 6) is -1.70. The van der Waals surface area contributed by atoms with Crippen LogP contribution in [0.15, 0.2) is 35.5 Å². The van der Waals surface area contributed by atoms with E-state index in [2.05, 4.69) is 15.3 Å². The number of carbonyl (C=O) groups is 1. The number of carbonyl (C=O) groups excluding carboxylic acids is 1. The molecule has 2 aromatic rings. The number of amidine groups is 1. The first-order valence-corrected chi connectivity index (χ1v) is 9.01. The highest BCUT2D eigenvalue weighted by molar-refractivity contribution is 6.34. The van der Waals surface area contributed by atoms with Crippen LogP contribution in [0.4, 0.5) is 18.9 Å². The van der Waals surface area contributed by atoms with Crippen molar-refractivity contribution in [1.82, 2.24) is 4.98 Å². The number of pyridine rings is 1. The molecule has 156 valence electrons. The molecule has 0 unspecified atom stereocenters. The molecule has 0 saturated carbocycles. The van der Waals surface area contributed by atoms with E-state index in [1.807, 2.05) is 6.07 Å². The summed E-state index contributed by atoms with van der Waals surface area (Å²) in [6.45, 7) is 1.51. The number of aliphatic imine (C=N–C) groups is 1. The van der Waals surface area contributed by atoms with Gasteiger partial charge in [-0.1, -0.05) is 11.6 Å². The number of hydrogen-bond acceptors (Lipinski definition) is 6. The second kappa shape index (κ2) is 8.20. The predicted octanol–water partition coefficient (Wildman–Crippen LogP) is 3.58. The Labute approximate surface area is 174 Å². The molecule has 11 heteroatoms. The summed E-state index contributed by atoms with van der Waals surface area (Å²) in [5, 5.41) is 11.2. The SMILES string of the molecule is C[C@@H]1C[C@@](c2cc(NC(=O)c3ncc(C#N)cc3Cl)ccc2F)(C(F)F)N=C(N)O1. The minimum absolute atomic E-state index is 0.0200. The average Bonchev–Trinajstić information content (AvgIpc) is 2.68. The molecule has 0 saturated heterocycles. The second-order valence-corrected chi connectivity index (χ2v) is 7.03. The molecule has 30 heavy (non-hydrogen) atoms. The normalized spacial score (nSPS) is 20.8. The number of aromatic nitrogens is 1. The molecule has 1 aromatic carbocycles. The maximum absolute atomic E-state index is 14.6. The highest BCUT2D eigenvalue weighted by atomic mass is 35.5. The number of nitrogens with two attached hydrogens (primary N) is 1. The zero-order valence-corrected chi connectivity index (χ0v) is 16.3. The maximum atomic E-state index is 14.6. The molecule has 3 N–H and O–H groups in total. The van der Waals surface area contributed by atoms with Crippen LogP contribution in [0, 0.1) is 17.1 Å². The van der Waals surface area contributed by atoms with Crippen LogP contribution in [0.3, 0.4) is 0 Å². The number of nitriles is 1. The Bertz CT molecular complexity index is 1070. The molecule has 0 fully saturated rings. The van der Waals surface area contributed by atoms with Crippen LogP contribution in [0.1, 0.15) is 35.0 Å². The summed E-state index contributed by atoms with van der Waals surface area (Å²) in [6, 6.07) is 5.81. The Morgan fingerprint density at radius 2 is 2.20 bits per heavy atom. The minimum Gasteiger partial charge on any atom is -0.462 e. The molecule has 2 heterocycles. The zero-order valence-electron chi connectivity index (χ0n) is 15.5. The van der Waals surface area contributed by atoms with Gasteiger partial charge in [0, 0.05) is 23.9 Å². The number of amides is 1. The van der Waals surface area contributed by atoms with Gasteiger partial charge in [-0.05, 0) is 31.2 Å². The van der Waals surface area contributed by atoms with Gasteiger partial charge in [-0.2, -0.15) is 5.26 Å². The standard InChI is InChI=1S/C19H15ClF3N5O2/c1-9-6-19(17(22)23,28-18(25)30-9)12-5-11(2-3-14(12)21)27-16(29)15-13(20)4-10(7-24)8-26-15/h2-5,8-9,17H,6H2,1H3,(H2,25,28)(H,27,29)/t9-,19-/m1/s1. The first kappa shape index (κ1) is 21.4. The molecule has 0 spiro atoms. The van der Waals surface area contributed by atoms with Crippen LogP contribution in [0.2, 0.25) is 5.02 Å². The predicted molar refractivity (Wildman–Crippen MR) is 103 cm³/mol. The quantitative estimate of drug-likeness (QED) is 0.758. The molecule has 1 amide bonds. The lowest BCUT2D eigenvalue weighted by molar-refractivity contribution is 0.00527. The topological polar surface area (TPSA) is 113 Å². The van der Waals surface area contributed by atoms with Crippen LogP contribution in [-0.2, 0) is 10.3 Å². The van der Waals surface area contributed by atoms with Gasteiger partial charge in [-0.15, -0.1) is 0 Å². The van der Waals surface area contributed by atoms with Gasteiger partial charge >= 0.3 is 0 Å². The first-order chi connectivity index (χ1) is 14.2. The summed E-state index contributed by atoms with van der Waals surface area (Å²) in [4.78, 5) is 20.0. The van der Waals surface area contributed by atoms with Crippen molar-refractivity contribution < 1.29 is 22.7 Å². The minimum atomic E-state index is -3.09. The molecule has 1 aromatic heterocycles.